The molecule has 0 bridgehead atoms. The van der Waals surface area contributed by atoms with E-state index in [9.17, 15) is 9.59 Å². The maximum atomic E-state index is 13.9. The van der Waals surface area contributed by atoms with Crippen LogP contribution >= 0.6 is 11.6 Å². The van der Waals surface area contributed by atoms with Crippen LogP contribution in [-0.2, 0) is 31.8 Å². The van der Waals surface area contributed by atoms with Gasteiger partial charge in [0.05, 0.1) is 38.6 Å². The molecular formula is C23H27ClN2O5. The van der Waals surface area contributed by atoms with E-state index in [1.807, 2.05) is 26.0 Å². The molecule has 1 aliphatic heterocycles. The maximum Gasteiger partial charge on any atom is 0.327 e. The molecule has 0 saturated carbocycles. The third-order valence-electron chi connectivity index (χ3n) is 5.85. The average Bonchev–Trinajstić information content (AvgIpc) is 2.75. The Labute approximate surface area is 187 Å². The van der Waals surface area contributed by atoms with Crippen LogP contribution in [0.2, 0.25) is 5.15 Å². The number of rotatable bonds is 6. The summed E-state index contributed by atoms with van der Waals surface area (Å²) in [5, 5.41) is 0.211. The van der Waals surface area contributed by atoms with Gasteiger partial charge < -0.3 is 19.1 Å². The fourth-order valence-electron chi connectivity index (χ4n) is 3.96. The average molecular weight is 447 g/mol. The van der Waals surface area contributed by atoms with Gasteiger partial charge in [0.2, 0.25) is 5.91 Å². The van der Waals surface area contributed by atoms with Gasteiger partial charge in [-0.2, -0.15) is 0 Å². The Kier molecular flexibility index (Phi) is 6.18. The number of amides is 1. The minimum atomic E-state index is -1.62. The molecule has 1 atom stereocenters. The summed E-state index contributed by atoms with van der Waals surface area (Å²) in [5.74, 6) is 0.167. The Bertz CT molecular complexity index is 1020. The lowest BCUT2D eigenvalue weighted by Gasteiger charge is -2.48. The molecule has 2 aromatic rings. The van der Waals surface area contributed by atoms with E-state index in [1.165, 1.54) is 0 Å². The molecule has 7 nitrogen and oxygen atoms in total. The van der Waals surface area contributed by atoms with Crippen LogP contribution in [0.4, 0.5) is 0 Å². The molecular weight excluding hydrogens is 420 g/mol. The molecule has 166 valence electrons. The summed E-state index contributed by atoms with van der Waals surface area (Å²) in [6, 6.07) is 8.89. The monoisotopic (exact) mass is 446 g/mol. The fourth-order valence-corrected chi connectivity index (χ4v) is 4.11. The Hall–Kier alpha value is -2.80. The number of carbonyl (C=O) groups excluding carboxylic acids is 2. The first-order chi connectivity index (χ1) is 14.6. The minimum absolute atomic E-state index is 0.146. The van der Waals surface area contributed by atoms with Gasteiger partial charge in [-0.1, -0.05) is 17.7 Å². The van der Waals surface area contributed by atoms with Crippen LogP contribution < -0.4 is 9.47 Å². The second-order valence-corrected chi connectivity index (χ2v) is 8.39. The lowest BCUT2D eigenvalue weighted by atomic mass is 9.72. The van der Waals surface area contributed by atoms with E-state index in [0.29, 0.717) is 17.2 Å². The molecule has 0 radical (unpaired) electrons. The second-order valence-electron chi connectivity index (χ2n) is 8.00. The zero-order valence-corrected chi connectivity index (χ0v) is 19.4. The number of benzene rings is 1. The quantitative estimate of drug-likeness (QED) is 0.381. The van der Waals surface area contributed by atoms with Crippen molar-refractivity contribution < 1.29 is 23.8 Å². The highest BCUT2D eigenvalue weighted by Gasteiger charge is 2.57. The predicted molar refractivity (Wildman–Crippen MR) is 116 cm³/mol. The van der Waals surface area contributed by atoms with E-state index < -0.39 is 22.8 Å². The number of ether oxygens (including phenoxy) is 3. The summed E-state index contributed by atoms with van der Waals surface area (Å²) >= 11 is 6.14. The van der Waals surface area contributed by atoms with Crippen LogP contribution in [0.5, 0.6) is 11.5 Å². The van der Waals surface area contributed by atoms with Crippen molar-refractivity contribution in [2.75, 3.05) is 20.8 Å². The zero-order valence-electron chi connectivity index (χ0n) is 18.6. The summed E-state index contributed by atoms with van der Waals surface area (Å²) in [7, 11) is 3.14. The first kappa shape index (κ1) is 22.9. The number of hydrogen-bond donors (Lipinski definition) is 0. The molecule has 0 fully saturated rings. The number of hydrogen-bond acceptors (Lipinski definition) is 6. The summed E-state index contributed by atoms with van der Waals surface area (Å²) in [5.41, 5.74) is -0.542. The molecule has 0 N–H and O–H groups in total. The standard InChI is InChI=1S/C23H27ClN2O5/c1-7-31-21(28)23(4)19-16(10-11-18(24)25-19)22(2,3)26(20(23)27)13-14-8-9-15(29-5)12-17(14)30-6/h8-12H,7,13H2,1-6H3. The molecule has 1 amide bonds. The first-order valence-electron chi connectivity index (χ1n) is 9.98. The van der Waals surface area contributed by atoms with Crippen molar-refractivity contribution in [3.05, 3.63) is 52.3 Å². The number of esters is 1. The number of methoxy groups -OCH3 is 2. The maximum absolute atomic E-state index is 13.9. The van der Waals surface area contributed by atoms with Gasteiger partial charge in [0.25, 0.3) is 0 Å². The number of nitrogens with zero attached hydrogens (tertiary/aromatic N) is 2. The largest absolute Gasteiger partial charge is 0.497 e. The van der Waals surface area contributed by atoms with Gasteiger partial charge in [-0.25, -0.2) is 4.98 Å². The van der Waals surface area contributed by atoms with Crippen LogP contribution in [0.1, 0.15) is 44.5 Å². The SMILES string of the molecule is CCOC(=O)C1(C)C(=O)N(Cc2ccc(OC)cc2OC)C(C)(C)c2ccc(Cl)nc21. The van der Waals surface area contributed by atoms with Crippen molar-refractivity contribution in [3.63, 3.8) is 0 Å². The Morgan fingerprint density at radius 2 is 1.84 bits per heavy atom. The zero-order chi connectivity index (χ0) is 23.0. The number of aromatic nitrogens is 1. The molecule has 2 heterocycles. The first-order valence-corrected chi connectivity index (χ1v) is 10.4. The van der Waals surface area contributed by atoms with Crippen molar-refractivity contribution in [1.29, 1.82) is 0 Å². The lowest BCUT2D eigenvalue weighted by Crippen LogP contribution is -2.61. The van der Waals surface area contributed by atoms with Crippen LogP contribution in [0.3, 0.4) is 0 Å². The van der Waals surface area contributed by atoms with Gasteiger partial charge in [-0.3, -0.25) is 9.59 Å². The van der Waals surface area contributed by atoms with Crippen LogP contribution in [-0.4, -0.2) is 42.6 Å². The van der Waals surface area contributed by atoms with Crippen LogP contribution in [0, 0.1) is 0 Å². The summed E-state index contributed by atoms with van der Waals surface area (Å²) in [4.78, 5) is 32.9. The highest BCUT2D eigenvalue weighted by atomic mass is 35.5. The lowest BCUT2D eigenvalue weighted by molar-refractivity contribution is -0.162. The summed E-state index contributed by atoms with van der Waals surface area (Å²) < 4.78 is 16.1. The molecule has 1 aromatic heterocycles. The molecule has 31 heavy (non-hydrogen) atoms. The molecule has 0 saturated heterocycles. The van der Waals surface area contributed by atoms with Crippen LogP contribution in [0.15, 0.2) is 30.3 Å². The number of pyridine rings is 1. The summed E-state index contributed by atoms with van der Waals surface area (Å²) in [6.45, 7) is 7.44. The van der Waals surface area contributed by atoms with Gasteiger partial charge in [0.1, 0.15) is 16.7 Å². The van der Waals surface area contributed by atoms with E-state index >= 15 is 0 Å². The molecule has 3 rings (SSSR count). The number of fused-ring (bicyclic) bond motifs is 1. The molecule has 0 spiro atoms. The van der Waals surface area contributed by atoms with Crippen molar-refractivity contribution in [2.45, 2.75) is 45.2 Å². The fraction of sp³-hybridized carbons (Fsp3) is 0.435. The van der Waals surface area contributed by atoms with E-state index in [4.69, 9.17) is 25.8 Å². The smallest absolute Gasteiger partial charge is 0.327 e. The molecule has 1 aliphatic rings. The topological polar surface area (TPSA) is 78.0 Å². The van der Waals surface area contributed by atoms with Crippen molar-refractivity contribution in [1.82, 2.24) is 9.88 Å². The van der Waals surface area contributed by atoms with E-state index in [2.05, 4.69) is 4.98 Å². The third kappa shape index (κ3) is 3.71. The second kappa shape index (κ2) is 8.38. The van der Waals surface area contributed by atoms with E-state index in [-0.39, 0.29) is 18.3 Å². The van der Waals surface area contributed by atoms with Gasteiger partial charge in [-0.15, -0.1) is 0 Å². The van der Waals surface area contributed by atoms with Crippen molar-refractivity contribution in [3.8, 4) is 11.5 Å². The predicted octanol–water partition coefficient (Wildman–Crippen LogP) is 3.85. The van der Waals surface area contributed by atoms with Crippen molar-refractivity contribution in [2.24, 2.45) is 0 Å². The van der Waals surface area contributed by atoms with Gasteiger partial charge >= 0.3 is 5.97 Å². The highest BCUT2D eigenvalue weighted by molar-refractivity contribution is 6.29. The summed E-state index contributed by atoms with van der Waals surface area (Å²) in [6.07, 6.45) is 0. The van der Waals surface area contributed by atoms with Crippen molar-refractivity contribution >= 4 is 23.5 Å². The minimum Gasteiger partial charge on any atom is -0.497 e. The molecule has 8 heteroatoms. The third-order valence-corrected chi connectivity index (χ3v) is 6.06. The van der Waals surface area contributed by atoms with Crippen LogP contribution in [0.25, 0.3) is 0 Å². The molecule has 1 unspecified atom stereocenters. The number of carbonyl (C=O) groups is 2. The molecule has 1 aromatic carbocycles. The Morgan fingerprint density at radius 3 is 2.45 bits per heavy atom. The highest BCUT2D eigenvalue weighted by Crippen LogP contribution is 2.45. The van der Waals surface area contributed by atoms with E-state index in [0.717, 1.165) is 11.1 Å². The number of halogens is 1. The van der Waals surface area contributed by atoms with E-state index in [1.54, 1.807) is 51.2 Å². The Balaban J connectivity index is 2.17. The van der Waals surface area contributed by atoms with Gasteiger partial charge in [-0.05, 0) is 45.9 Å². The van der Waals surface area contributed by atoms with Gasteiger partial charge in [0, 0.05) is 17.2 Å². The molecule has 0 aliphatic carbocycles. The Morgan fingerprint density at radius 1 is 1.13 bits per heavy atom. The normalized spacial score (nSPS) is 19.6. The van der Waals surface area contributed by atoms with Gasteiger partial charge in [0.15, 0.2) is 5.41 Å².